The van der Waals surface area contributed by atoms with E-state index >= 15 is 0 Å². The van der Waals surface area contributed by atoms with E-state index in [0.29, 0.717) is 6.04 Å². The van der Waals surface area contributed by atoms with Crippen molar-refractivity contribution in [2.24, 2.45) is 0 Å². The molecule has 1 heterocycles. The molecule has 0 N–H and O–H groups in total. The largest absolute Gasteiger partial charge is 0.335 e. The Morgan fingerprint density at radius 1 is 1.44 bits per heavy atom. The Morgan fingerprint density at radius 3 is 2.88 bits per heavy atom. The third-order valence-electron chi connectivity index (χ3n) is 2.92. The number of carbonyl (C=O) groups excluding carboxylic acids is 1. The summed E-state index contributed by atoms with van der Waals surface area (Å²) in [5, 5.41) is 0.864. The number of nitrogens with zero attached hydrogens (tertiary/aromatic N) is 1. The molecule has 0 aliphatic carbocycles. The third-order valence-corrected chi connectivity index (χ3v) is 4.36. The molecule has 1 aromatic carbocycles. The van der Waals surface area contributed by atoms with Crippen LogP contribution in [0.25, 0.3) is 0 Å². The monoisotopic (exact) mass is 345 g/mol. The van der Waals surface area contributed by atoms with E-state index in [0.717, 1.165) is 34.8 Å². The van der Waals surface area contributed by atoms with Crippen molar-refractivity contribution in [1.29, 1.82) is 0 Å². The number of hydrogen-bond acceptors (Lipinski definition) is 1. The van der Waals surface area contributed by atoms with E-state index in [1.165, 1.54) is 0 Å². The minimum Gasteiger partial charge on any atom is -0.335 e. The molecule has 1 saturated heterocycles. The molecule has 1 unspecified atom stereocenters. The second-order valence-corrected chi connectivity index (χ2v) is 5.43. The molecule has 1 fully saturated rings. The van der Waals surface area contributed by atoms with E-state index in [-0.39, 0.29) is 5.91 Å². The van der Waals surface area contributed by atoms with E-state index in [2.05, 4.69) is 31.9 Å². The van der Waals surface area contributed by atoms with Crippen LogP contribution in [0.5, 0.6) is 0 Å². The molecule has 1 aliphatic rings. The Bertz CT molecular complexity index is 394. The minimum atomic E-state index is 0.134. The smallest absolute Gasteiger partial charge is 0.255 e. The van der Waals surface area contributed by atoms with E-state index in [1.807, 2.05) is 29.2 Å². The molecule has 0 spiro atoms. The molecule has 0 aromatic heterocycles. The number of carbonyl (C=O) groups is 1. The second-order valence-electron chi connectivity index (χ2n) is 3.93. The van der Waals surface area contributed by atoms with E-state index in [4.69, 9.17) is 0 Å². The van der Waals surface area contributed by atoms with Gasteiger partial charge < -0.3 is 4.90 Å². The highest BCUT2D eigenvalue weighted by Gasteiger charge is 2.29. The first-order chi connectivity index (χ1) is 7.74. The van der Waals surface area contributed by atoms with Crippen LogP contribution in [-0.2, 0) is 0 Å². The average Bonchev–Trinajstić information content (AvgIpc) is 2.77. The van der Waals surface area contributed by atoms with Gasteiger partial charge in [0.1, 0.15) is 0 Å². The first-order valence-corrected chi connectivity index (χ1v) is 7.27. The number of amides is 1. The highest BCUT2D eigenvalue weighted by atomic mass is 79.9. The van der Waals surface area contributed by atoms with Crippen LogP contribution in [0, 0.1) is 0 Å². The maximum atomic E-state index is 12.3. The van der Waals surface area contributed by atoms with Crippen LogP contribution in [-0.4, -0.2) is 28.7 Å². The fourth-order valence-electron chi connectivity index (χ4n) is 2.05. The Hall–Kier alpha value is -0.350. The van der Waals surface area contributed by atoms with Gasteiger partial charge in [0.05, 0.1) is 5.56 Å². The lowest BCUT2D eigenvalue weighted by Gasteiger charge is -2.23. The number of rotatable bonds is 2. The van der Waals surface area contributed by atoms with Crippen LogP contribution in [0.4, 0.5) is 0 Å². The van der Waals surface area contributed by atoms with Gasteiger partial charge in [0.25, 0.3) is 5.91 Å². The second kappa shape index (κ2) is 5.32. The van der Waals surface area contributed by atoms with Crippen molar-refractivity contribution < 1.29 is 4.79 Å². The summed E-state index contributed by atoms with van der Waals surface area (Å²) >= 11 is 6.90. The maximum Gasteiger partial charge on any atom is 0.255 e. The van der Waals surface area contributed by atoms with E-state index in [1.54, 1.807) is 0 Å². The zero-order valence-corrected chi connectivity index (χ0v) is 12.0. The van der Waals surface area contributed by atoms with Gasteiger partial charge >= 0.3 is 0 Å². The Labute approximate surface area is 112 Å². The molecule has 1 amide bonds. The molecule has 0 saturated carbocycles. The maximum absolute atomic E-state index is 12.3. The highest BCUT2D eigenvalue weighted by Crippen LogP contribution is 2.24. The van der Waals surface area contributed by atoms with Crippen LogP contribution in [0.15, 0.2) is 28.7 Å². The van der Waals surface area contributed by atoms with Crippen molar-refractivity contribution in [1.82, 2.24) is 4.90 Å². The summed E-state index contributed by atoms with van der Waals surface area (Å²) in [5.41, 5.74) is 0.760. The molecule has 1 aromatic rings. The predicted molar refractivity (Wildman–Crippen MR) is 72.0 cm³/mol. The quantitative estimate of drug-likeness (QED) is 0.751. The fraction of sp³-hybridized carbons (Fsp3) is 0.417. The van der Waals surface area contributed by atoms with Crippen molar-refractivity contribution in [3.05, 3.63) is 34.3 Å². The molecule has 1 atom stereocenters. The lowest BCUT2D eigenvalue weighted by Crippen LogP contribution is -2.36. The van der Waals surface area contributed by atoms with Gasteiger partial charge in [0.15, 0.2) is 0 Å². The van der Waals surface area contributed by atoms with Crippen LogP contribution < -0.4 is 0 Å². The van der Waals surface area contributed by atoms with Gasteiger partial charge in [-0.25, -0.2) is 0 Å². The molecule has 4 heteroatoms. The summed E-state index contributed by atoms with van der Waals surface area (Å²) in [6.07, 6.45) is 2.20. The molecular weight excluding hydrogens is 334 g/mol. The van der Waals surface area contributed by atoms with Crippen molar-refractivity contribution in [2.75, 3.05) is 11.9 Å². The van der Waals surface area contributed by atoms with Crippen molar-refractivity contribution in [3.63, 3.8) is 0 Å². The van der Waals surface area contributed by atoms with Crippen molar-refractivity contribution in [3.8, 4) is 0 Å². The van der Waals surface area contributed by atoms with Crippen LogP contribution in [0.2, 0.25) is 0 Å². The SMILES string of the molecule is O=C(c1ccccc1Br)N1CCCC1CBr. The number of benzene rings is 1. The van der Waals surface area contributed by atoms with Gasteiger partial charge in [-0.15, -0.1) is 0 Å². The molecule has 0 bridgehead atoms. The summed E-state index contributed by atoms with van der Waals surface area (Å²) in [4.78, 5) is 14.3. The molecule has 2 rings (SSSR count). The first-order valence-electron chi connectivity index (χ1n) is 5.35. The summed E-state index contributed by atoms with van der Waals surface area (Å²) in [6, 6.07) is 7.95. The number of likely N-dealkylation sites (tertiary alicyclic amines) is 1. The summed E-state index contributed by atoms with van der Waals surface area (Å²) < 4.78 is 0.875. The topological polar surface area (TPSA) is 20.3 Å². The molecular formula is C12H13Br2NO. The fourth-order valence-corrected chi connectivity index (χ4v) is 3.18. The first kappa shape index (κ1) is 12.1. The van der Waals surface area contributed by atoms with Gasteiger partial charge in [0, 0.05) is 22.4 Å². The molecule has 16 heavy (non-hydrogen) atoms. The van der Waals surface area contributed by atoms with E-state index < -0.39 is 0 Å². The summed E-state index contributed by atoms with van der Waals surface area (Å²) in [5.74, 6) is 0.134. The van der Waals surface area contributed by atoms with Crippen LogP contribution in [0.1, 0.15) is 23.2 Å². The average molecular weight is 347 g/mol. The number of hydrogen-bond donors (Lipinski definition) is 0. The predicted octanol–water partition coefficient (Wildman–Crippen LogP) is 3.45. The summed E-state index contributed by atoms with van der Waals surface area (Å²) in [6.45, 7) is 0.871. The standard InChI is InChI=1S/C12H13Br2NO/c13-8-9-4-3-7-15(9)12(16)10-5-1-2-6-11(10)14/h1-2,5-6,9H,3-4,7-8H2. The van der Waals surface area contributed by atoms with Gasteiger partial charge in [-0.2, -0.15) is 0 Å². The lowest BCUT2D eigenvalue weighted by molar-refractivity contribution is 0.0749. The lowest BCUT2D eigenvalue weighted by atomic mass is 10.2. The van der Waals surface area contributed by atoms with Gasteiger partial charge in [-0.05, 0) is 40.9 Å². The zero-order valence-electron chi connectivity index (χ0n) is 8.83. The summed E-state index contributed by atoms with van der Waals surface area (Å²) in [7, 11) is 0. The van der Waals surface area contributed by atoms with E-state index in [9.17, 15) is 4.79 Å². The molecule has 2 nitrogen and oxygen atoms in total. The van der Waals surface area contributed by atoms with Crippen molar-refractivity contribution >= 4 is 37.8 Å². The van der Waals surface area contributed by atoms with Gasteiger partial charge in [0.2, 0.25) is 0 Å². The Morgan fingerprint density at radius 2 is 2.19 bits per heavy atom. The third kappa shape index (κ3) is 2.33. The molecule has 0 radical (unpaired) electrons. The van der Waals surface area contributed by atoms with Gasteiger partial charge in [-0.1, -0.05) is 28.1 Å². The van der Waals surface area contributed by atoms with Crippen LogP contribution >= 0.6 is 31.9 Å². The Kier molecular flexibility index (Phi) is 4.03. The number of alkyl halides is 1. The van der Waals surface area contributed by atoms with Gasteiger partial charge in [-0.3, -0.25) is 4.79 Å². The molecule has 86 valence electrons. The zero-order chi connectivity index (χ0) is 11.5. The minimum absolute atomic E-state index is 0.134. The van der Waals surface area contributed by atoms with Crippen molar-refractivity contribution in [2.45, 2.75) is 18.9 Å². The highest BCUT2D eigenvalue weighted by molar-refractivity contribution is 9.10. The van der Waals surface area contributed by atoms with Crippen LogP contribution in [0.3, 0.4) is 0 Å². The number of halogens is 2. The normalized spacial score (nSPS) is 20.1. The Balaban J connectivity index is 2.22. The molecule has 1 aliphatic heterocycles.